The first-order valence-corrected chi connectivity index (χ1v) is 10.8. The van der Waals surface area contributed by atoms with Crippen molar-refractivity contribution in [2.45, 2.75) is 45.5 Å². The van der Waals surface area contributed by atoms with E-state index in [1.54, 1.807) is 4.90 Å². The van der Waals surface area contributed by atoms with Gasteiger partial charge in [0.25, 0.3) is 0 Å². The summed E-state index contributed by atoms with van der Waals surface area (Å²) in [5, 5.41) is 0. The Morgan fingerprint density at radius 1 is 1.00 bits per heavy atom. The Kier molecular flexibility index (Phi) is 5.95. The van der Waals surface area contributed by atoms with Gasteiger partial charge >= 0.3 is 13.2 Å². The van der Waals surface area contributed by atoms with Gasteiger partial charge in [-0.3, -0.25) is 0 Å². The molecule has 0 radical (unpaired) electrons. The van der Waals surface area contributed by atoms with Gasteiger partial charge in [0.1, 0.15) is 12.4 Å². The van der Waals surface area contributed by atoms with Gasteiger partial charge in [0.15, 0.2) is 0 Å². The molecule has 2 aliphatic heterocycles. The molecule has 0 spiro atoms. The molecular formula is C23H30BN3O4. The van der Waals surface area contributed by atoms with Gasteiger partial charge in [-0.15, -0.1) is 0 Å². The van der Waals surface area contributed by atoms with E-state index in [4.69, 9.17) is 14.0 Å². The van der Waals surface area contributed by atoms with E-state index in [1.165, 1.54) is 0 Å². The monoisotopic (exact) mass is 423 g/mol. The second-order valence-electron chi connectivity index (χ2n) is 9.05. The molecule has 0 bridgehead atoms. The SMILES string of the molecule is CC1(C)OB(c2ccc(N3CCN(C(=O)OCc4ccccc4)CC3)nc2)OC1(C)C. The number of rotatable bonds is 4. The molecule has 2 fully saturated rings. The largest absolute Gasteiger partial charge is 0.496 e. The average Bonchev–Trinajstić information content (AvgIpc) is 3.00. The van der Waals surface area contributed by atoms with Crippen molar-refractivity contribution in [2.75, 3.05) is 31.1 Å². The maximum atomic E-state index is 12.4. The van der Waals surface area contributed by atoms with Crippen LogP contribution in [-0.4, -0.2) is 60.5 Å². The molecule has 2 aliphatic rings. The van der Waals surface area contributed by atoms with Crippen molar-refractivity contribution in [2.24, 2.45) is 0 Å². The number of nitrogens with zero attached hydrogens (tertiary/aromatic N) is 3. The van der Waals surface area contributed by atoms with Crippen LogP contribution in [0.15, 0.2) is 48.7 Å². The van der Waals surface area contributed by atoms with Crippen LogP contribution in [0.2, 0.25) is 0 Å². The molecule has 0 atom stereocenters. The number of carbonyl (C=O) groups excluding carboxylic acids is 1. The van der Waals surface area contributed by atoms with Crippen LogP contribution in [0.25, 0.3) is 0 Å². The number of hydrogen-bond acceptors (Lipinski definition) is 6. The third kappa shape index (κ3) is 4.70. The Morgan fingerprint density at radius 2 is 1.65 bits per heavy atom. The van der Waals surface area contributed by atoms with E-state index in [-0.39, 0.29) is 17.3 Å². The molecule has 1 aromatic carbocycles. The zero-order valence-electron chi connectivity index (χ0n) is 18.7. The quantitative estimate of drug-likeness (QED) is 0.705. The minimum Gasteiger partial charge on any atom is -0.445 e. The van der Waals surface area contributed by atoms with Crippen molar-refractivity contribution < 1.29 is 18.8 Å². The third-order valence-corrected chi connectivity index (χ3v) is 6.36. The van der Waals surface area contributed by atoms with Gasteiger partial charge in [0.2, 0.25) is 0 Å². The summed E-state index contributed by atoms with van der Waals surface area (Å²) in [5.74, 6) is 0.887. The molecule has 1 amide bonds. The molecule has 2 saturated heterocycles. The summed E-state index contributed by atoms with van der Waals surface area (Å²) in [5.41, 5.74) is 1.15. The zero-order valence-corrected chi connectivity index (χ0v) is 18.7. The predicted molar refractivity (Wildman–Crippen MR) is 120 cm³/mol. The maximum Gasteiger partial charge on any atom is 0.496 e. The minimum absolute atomic E-state index is 0.271. The lowest BCUT2D eigenvalue weighted by Gasteiger charge is -2.34. The molecule has 164 valence electrons. The number of ether oxygens (including phenoxy) is 1. The normalized spacial score (nSPS) is 20.1. The Hall–Kier alpha value is -2.58. The number of pyridine rings is 1. The molecule has 8 heteroatoms. The Bertz CT molecular complexity index is 881. The summed E-state index contributed by atoms with van der Waals surface area (Å²) in [6, 6.07) is 13.7. The van der Waals surface area contributed by atoms with Crippen LogP contribution in [0.5, 0.6) is 0 Å². The molecule has 0 saturated carbocycles. The van der Waals surface area contributed by atoms with Crippen LogP contribution in [0.1, 0.15) is 33.3 Å². The third-order valence-electron chi connectivity index (χ3n) is 6.36. The highest BCUT2D eigenvalue weighted by molar-refractivity contribution is 6.62. The minimum atomic E-state index is -0.414. The van der Waals surface area contributed by atoms with Gasteiger partial charge in [-0.25, -0.2) is 9.78 Å². The van der Waals surface area contributed by atoms with Gasteiger partial charge < -0.3 is 23.8 Å². The van der Waals surface area contributed by atoms with Crippen molar-refractivity contribution in [1.29, 1.82) is 0 Å². The van der Waals surface area contributed by atoms with Crippen LogP contribution in [0, 0.1) is 0 Å². The number of benzene rings is 1. The highest BCUT2D eigenvalue weighted by Gasteiger charge is 2.51. The summed E-state index contributed by atoms with van der Waals surface area (Å²) in [6.07, 6.45) is 1.55. The first-order chi connectivity index (χ1) is 14.7. The summed E-state index contributed by atoms with van der Waals surface area (Å²) >= 11 is 0. The Balaban J connectivity index is 1.29. The maximum absolute atomic E-state index is 12.4. The lowest BCUT2D eigenvalue weighted by Crippen LogP contribution is -2.49. The molecule has 0 N–H and O–H groups in total. The molecule has 2 aromatic rings. The molecule has 7 nitrogen and oxygen atoms in total. The van der Waals surface area contributed by atoms with Gasteiger partial charge in [0, 0.05) is 37.8 Å². The lowest BCUT2D eigenvalue weighted by molar-refractivity contribution is 0.00578. The zero-order chi connectivity index (χ0) is 22.1. The van der Waals surface area contributed by atoms with Crippen LogP contribution < -0.4 is 10.4 Å². The Labute approximate surface area is 184 Å². The van der Waals surface area contributed by atoms with Crippen LogP contribution >= 0.6 is 0 Å². The number of amides is 1. The fraction of sp³-hybridized carbons (Fsp3) is 0.478. The van der Waals surface area contributed by atoms with Crippen LogP contribution in [0.4, 0.5) is 10.6 Å². The fourth-order valence-corrected chi connectivity index (χ4v) is 3.63. The van der Waals surface area contributed by atoms with Gasteiger partial charge in [-0.2, -0.15) is 0 Å². The van der Waals surface area contributed by atoms with E-state index >= 15 is 0 Å². The van der Waals surface area contributed by atoms with Crippen molar-refractivity contribution in [3.05, 3.63) is 54.2 Å². The second kappa shape index (κ2) is 8.51. The first kappa shape index (κ1) is 21.6. The number of carbonyl (C=O) groups is 1. The number of hydrogen-bond donors (Lipinski definition) is 0. The molecular weight excluding hydrogens is 393 g/mol. The highest BCUT2D eigenvalue weighted by Crippen LogP contribution is 2.36. The molecule has 31 heavy (non-hydrogen) atoms. The first-order valence-electron chi connectivity index (χ1n) is 10.8. The lowest BCUT2D eigenvalue weighted by atomic mass is 9.80. The molecule has 3 heterocycles. The standard InChI is InChI=1S/C23H30BN3O4/c1-22(2)23(3,4)31-24(30-22)19-10-11-20(25-16-19)26-12-14-27(15-13-26)21(28)29-17-18-8-6-5-7-9-18/h5-11,16H,12-15,17H2,1-4H3. The fourth-order valence-electron chi connectivity index (χ4n) is 3.63. The van der Waals surface area contributed by atoms with Crippen molar-refractivity contribution in [3.63, 3.8) is 0 Å². The van der Waals surface area contributed by atoms with Gasteiger partial charge in [-0.1, -0.05) is 36.4 Å². The second-order valence-corrected chi connectivity index (χ2v) is 9.05. The van der Waals surface area contributed by atoms with Crippen LogP contribution in [0.3, 0.4) is 0 Å². The Morgan fingerprint density at radius 3 is 2.23 bits per heavy atom. The number of piperazine rings is 1. The topological polar surface area (TPSA) is 64.1 Å². The predicted octanol–water partition coefficient (Wildman–Crippen LogP) is 2.84. The van der Waals surface area contributed by atoms with Crippen LogP contribution in [-0.2, 0) is 20.7 Å². The smallest absolute Gasteiger partial charge is 0.445 e. The van der Waals surface area contributed by atoms with E-state index < -0.39 is 7.12 Å². The molecule has 4 rings (SSSR count). The van der Waals surface area contributed by atoms with E-state index in [0.29, 0.717) is 32.8 Å². The molecule has 0 unspecified atom stereocenters. The molecule has 1 aromatic heterocycles. The van der Waals surface area contributed by atoms with E-state index in [9.17, 15) is 4.79 Å². The summed E-state index contributed by atoms with van der Waals surface area (Å²) in [4.78, 5) is 20.9. The van der Waals surface area contributed by atoms with E-state index in [2.05, 4.69) is 9.88 Å². The van der Waals surface area contributed by atoms with Crippen molar-refractivity contribution in [1.82, 2.24) is 9.88 Å². The number of anilines is 1. The van der Waals surface area contributed by atoms with Gasteiger partial charge in [0.05, 0.1) is 11.2 Å². The van der Waals surface area contributed by atoms with E-state index in [1.807, 2.05) is 76.4 Å². The summed E-state index contributed by atoms with van der Waals surface area (Å²) < 4.78 is 17.6. The average molecular weight is 423 g/mol. The summed E-state index contributed by atoms with van der Waals surface area (Å²) in [6.45, 7) is 11.1. The highest BCUT2D eigenvalue weighted by atomic mass is 16.7. The summed E-state index contributed by atoms with van der Waals surface area (Å²) in [7, 11) is -0.414. The van der Waals surface area contributed by atoms with E-state index in [0.717, 1.165) is 16.8 Å². The molecule has 0 aliphatic carbocycles. The number of aromatic nitrogens is 1. The van der Waals surface area contributed by atoms with Crippen molar-refractivity contribution in [3.8, 4) is 0 Å². The van der Waals surface area contributed by atoms with Crippen molar-refractivity contribution >= 4 is 24.5 Å². The van der Waals surface area contributed by atoms with Gasteiger partial charge in [-0.05, 0) is 39.3 Å².